The van der Waals surface area contributed by atoms with Gasteiger partial charge in [0.05, 0.1) is 5.70 Å². The molecule has 0 amide bonds. The van der Waals surface area contributed by atoms with Crippen LogP contribution in [0.3, 0.4) is 0 Å². The Morgan fingerprint density at radius 3 is 2.83 bits per heavy atom. The van der Waals surface area contributed by atoms with Gasteiger partial charge in [-0.05, 0) is 13.0 Å². The van der Waals surface area contributed by atoms with E-state index in [1.165, 1.54) is 0 Å². The fourth-order valence-electron chi connectivity index (χ4n) is 0.887. The quantitative estimate of drug-likeness (QED) is 0.488. The minimum atomic E-state index is 0.626. The molecular weight excluding hydrogens is 152 g/mol. The highest BCUT2D eigenvalue weighted by atomic mass is 15.3. The first-order valence-electron chi connectivity index (χ1n) is 3.68. The summed E-state index contributed by atoms with van der Waals surface area (Å²) in [4.78, 5) is 4.03. The first-order chi connectivity index (χ1) is 5.79. The molecule has 0 spiro atoms. The predicted molar refractivity (Wildman–Crippen MR) is 48.9 cm³/mol. The summed E-state index contributed by atoms with van der Waals surface area (Å²) in [5.41, 5.74) is 6.31. The zero-order chi connectivity index (χ0) is 8.97. The molecule has 0 aliphatic rings. The molecule has 0 fully saturated rings. The minimum Gasteiger partial charge on any atom is -0.396 e. The van der Waals surface area contributed by atoms with Crippen molar-refractivity contribution >= 4 is 5.84 Å². The molecule has 0 aromatic carbocycles. The zero-order valence-electron chi connectivity index (χ0n) is 7.23. The molecule has 1 heterocycles. The largest absolute Gasteiger partial charge is 0.396 e. The SMILES string of the molecule is C/C=C(/N)C(=NC)n1cccn1. The first-order valence-corrected chi connectivity index (χ1v) is 3.68. The van der Waals surface area contributed by atoms with Gasteiger partial charge in [-0.2, -0.15) is 5.10 Å². The van der Waals surface area contributed by atoms with Crippen LogP contribution in [0.5, 0.6) is 0 Å². The molecule has 1 aromatic rings. The van der Waals surface area contributed by atoms with E-state index in [2.05, 4.69) is 10.1 Å². The molecule has 1 aromatic heterocycles. The fraction of sp³-hybridized carbons (Fsp3) is 0.250. The van der Waals surface area contributed by atoms with Gasteiger partial charge >= 0.3 is 0 Å². The Bertz CT molecular complexity index is 295. The van der Waals surface area contributed by atoms with Gasteiger partial charge in [0.25, 0.3) is 0 Å². The summed E-state index contributed by atoms with van der Waals surface area (Å²) in [7, 11) is 1.69. The van der Waals surface area contributed by atoms with Gasteiger partial charge in [-0.3, -0.25) is 4.99 Å². The Kier molecular flexibility index (Phi) is 2.63. The third-order valence-electron chi connectivity index (χ3n) is 1.50. The number of aromatic nitrogens is 2. The molecular formula is C8H12N4. The summed E-state index contributed by atoms with van der Waals surface area (Å²) in [6.07, 6.45) is 5.29. The molecule has 0 saturated heterocycles. The van der Waals surface area contributed by atoms with Crippen LogP contribution in [0.4, 0.5) is 0 Å². The monoisotopic (exact) mass is 164 g/mol. The number of hydrogen-bond acceptors (Lipinski definition) is 3. The average molecular weight is 164 g/mol. The van der Waals surface area contributed by atoms with Gasteiger partial charge in [0.2, 0.25) is 0 Å². The maximum atomic E-state index is 5.69. The van der Waals surface area contributed by atoms with Crippen LogP contribution in [-0.4, -0.2) is 22.7 Å². The van der Waals surface area contributed by atoms with Crippen molar-refractivity contribution in [2.75, 3.05) is 7.05 Å². The molecule has 0 aliphatic carbocycles. The van der Waals surface area contributed by atoms with Crippen molar-refractivity contribution in [3.05, 3.63) is 30.2 Å². The number of aliphatic imine (C=N–C) groups is 1. The first kappa shape index (κ1) is 8.52. The topological polar surface area (TPSA) is 56.2 Å². The Balaban J connectivity index is 3.01. The lowest BCUT2D eigenvalue weighted by Crippen LogP contribution is -2.20. The molecule has 12 heavy (non-hydrogen) atoms. The van der Waals surface area contributed by atoms with E-state index < -0.39 is 0 Å². The smallest absolute Gasteiger partial charge is 0.171 e. The highest BCUT2D eigenvalue weighted by Gasteiger charge is 2.02. The molecule has 0 bridgehead atoms. The van der Waals surface area contributed by atoms with Gasteiger partial charge in [-0.15, -0.1) is 0 Å². The zero-order valence-corrected chi connectivity index (χ0v) is 7.23. The van der Waals surface area contributed by atoms with Crippen LogP contribution in [-0.2, 0) is 0 Å². The Labute approximate surface area is 71.4 Å². The summed E-state index contributed by atoms with van der Waals surface area (Å²) in [5.74, 6) is 0.669. The van der Waals surface area contributed by atoms with Gasteiger partial charge in [0, 0.05) is 19.4 Å². The van der Waals surface area contributed by atoms with E-state index in [9.17, 15) is 0 Å². The Morgan fingerprint density at radius 1 is 1.67 bits per heavy atom. The lowest BCUT2D eigenvalue weighted by molar-refractivity contribution is 0.923. The molecule has 4 heteroatoms. The number of hydrogen-bond donors (Lipinski definition) is 1. The van der Waals surface area contributed by atoms with Crippen LogP contribution >= 0.6 is 0 Å². The van der Waals surface area contributed by atoms with Crippen LogP contribution in [0.1, 0.15) is 6.92 Å². The lowest BCUT2D eigenvalue weighted by Gasteiger charge is -2.04. The molecule has 64 valence electrons. The van der Waals surface area contributed by atoms with Crippen LogP contribution in [0.25, 0.3) is 0 Å². The van der Waals surface area contributed by atoms with Crippen molar-refractivity contribution in [1.82, 2.24) is 9.78 Å². The van der Waals surface area contributed by atoms with Crippen LogP contribution < -0.4 is 5.73 Å². The number of rotatable bonds is 1. The lowest BCUT2D eigenvalue weighted by atomic mass is 10.4. The highest BCUT2D eigenvalue weighted by molar-refractivity contribution is 5.98. The molecule has 0 atom stereocenters. The molecule has 0 aliphatic heterocycles. The second-order valence-electron chi connectivity index (χ2n) is 2.24. The molecule has 0 radical (unpaired) electrons. The molecule has 0 unspecified atom stereocenters. The van der Waals surface area contributed by atoms with Gasteiger partial charge in [0.1, 0.15) is 0 Å². The second kappa shape index (κ2) is 3.71. The molecule has 1 rings (SSSR count). The maximum absolute atomic E-state index is 5.69. The van der Waals surface area contributed by atoms with Crippen LogP contribution in [0.2, 0.25) is 0 Å². The van der Waals surface area contributed by atoms with E-state index in [1.807, 2.05) is 13.0 Å². The predicted octanol–water partition coefficient (Wildman–Crippen LogP) is 0.622. The second-order valence-corrected chi connectivity index (χ2v) is 2.24. The third kappa shape index (κ3) is 1.53. The van der Waals surface area contributed by atoms with E-state index >= 15 is 0 Å². The molecule has 0 saturated carbocycles. The third-order valence-corrected chi connectivity index (χ3v) is 1.50. The van der Waals surface area contributed by atoms with E-state index in [-0.39, 0.29) is 0 Å². The summed E-state index contributed by atoms with van der Waals surface area (Å²) < 4.78 is 1.63. The summed E-state index contributed by atoms with van der Waals surface area (Å²) in [6, 6.07) is 1.83. The fourth-order valence-corrected chi connectivity index (χ4v) is 0.887. The standard InChI is InChI=1S/C8H12N4/c1-3-7(9)8(10-2)12-6-4-5-11-12/h3-6H,9H2,1-2H3/b7-3+,10-8?. The van der Waals surface area contributed by atoms with Gasteiger partial charge < -0.3 is 5.73 Å². The van der Waals surface area contributed by atoms with Crippen molar-refractivity contribution in [1.29, 1.82) is 0 Å². The van der Waals surface area contributed by atoms with E-state index in [1.54, 1.807) is 30.2 Å². The highest BCUT2D eigenvalue weighted by Crippen LogP contribution is 1.93. The summed E-state index contributed by atoms with van der Waals surface area (Å²) in [5, 5.41) is 4.02. The van der Waals surface area contributed by atoms with E-state index in [0.717, 1.165) is 0 Å². The van der Waals surface area contributed by atoms with Crippen molar-refractivity contribution in [3.8, 4) is 0 Å². The van der Waals surface area contributed by atoms with E-state index in [4.69, 9.17) is 5.73 Å². The van der Waals surface area contributed by atoms with Gasteiger partial charge in [-0.25, -0.2) is 4.68 Å². The molecule has 2 N–H and O–H groups in total. The normalized spacial score (nSPS) is 13.5. The molecule has 4 nitrogen and oxygen atoms in total. The van der Waals surface area contributed by atoms with Gasteiger partial charge in [0.15, 0.2) is 5.84 Å². The summed E-state index contributed by atoms with van der Waals surface area (Å²) >= 11 is 0. The van der Waals surface area contributed by atoms with Crippen LogP contribution in [0.15, 0.2) is 35.2 Å². The number of nitrogens with zero attached hydrogens (tertiary/aromatic N) is 3. The summed E-state index contributed by atoms with van der Waals surface area (Å²) in [6.45, 7) is 1.87. The average Bonchev–Trinajstić information content (AvgIpc) is 2.58. The number of nitrogens with two attached hydrogens (primary N) is 1. The van der Waals surface area contributed by atoms with Crippen molar-refractivity contribution in [2.45, 2.75) is 6.92 Å². The Morgan fingerprint density at radius 2 is 2.42 bits per heavy atom. The van der Waals surface area contributed by atoms with Crippen molar-refractivity contribution in [2.24, 2.45) is 10.7 Å². The minimum absolute atomic E-state index is 0.626. The van der Waals surface area contributed by atoms with Crippen LogP contribution in [0, 0.1) is 0 Å². The Hall–Kier alpha value is -1.58. The van der Waals surface area contributed by atoms with Crippen molar-refractivity contribution in [3.63, 3.8) is 0 Å². The van der Waals surface area contributed by atoms with Gasteiger partial charge in [-0.1, -0.05) is 6.08 Å². The maximum Gasteiger partial charge on any atom is 0.171 e. The van der Waals surface area contributed by atoms with E-state index in [0.29, 0.717) is 11.5 Å². The number of allylic oxidation sites excluding steroid dienone is 2. The van der Waals surface area contributed by atoms with Crippen molar-refractivity contribution < 1.29 is 0 Å².